The third-order valence-corrected chi connectivity index (χ3v) is 6.13. The second-order valence-electron chi connectivity index (χ2n) is 7.48. The molecule has 0 spiro atoms. The van der Waals surface area contributed by atoms with Crippen LogP contribution >= 0.6 is 11.6 Å². The SMILES string of the molecule is COc1cc(N)c(Cl)cc1C(=O)N[C@H]1CCN(C2CCC(=O)CC2)C[C@H]1OC. The molecule has 0 aromatic heterocycles. The molecule has 0 bridgehead atoms. The third-order valence-electron chi connectivity index (χ3n) is 5.80. The van der Waals surface area contributed by atoms with Gasteiger partial charge < -0.3 is 20.5 Å². The first kappa shape index (κ1) is 20.9. The Morgan fingerprint density at radius 2 is 1.96 bits per heavy atom. The van der Waals surface area contributed by atoms with Gasteiger partial charge >= 0.3 is 0 Å². The van der Waals surface area contributed by atoms with E-state index in [1.165, 1.54) is 13.2 Å². The number of anilines is 1. The third kappa shape index (κ3) is 4.59. The number of amides is 1. The Hall–Kier alpha value is -1.83. The summed E-state index contributed by atoms with van der Waals surface area (Å²) in [4.78, 5) is 26.7. The number of methoxy groups -OCH3 is 2. The minimum absolute atomic E-state index is 0.111. The van der Waals surface area contributed by atoms with Crippen molar-refractivity contribution in [3.05, 3.63) is 22.7 Å². The predicted molar refractivity (Wildman–Crippen MR) is 108 cm³/mol. The second-order valence-corrected chi connectivity index (χ2v) is 7.89. The highest BCUT2D eigenvalue weighted by Crippen LogP contribution is 2.30. The van der Waals surface area contributed by atoms with Crippen LogP contribution in [-0.4, -0.2) is 62.1 Å². The van der Waals surface area contributed by atoms with Crippen LogP contribution in [0.25, 0.3) is 0 Å². The lowest BCUT2D eigenvalue weighted by Gasteiger charge is -2.42. The van der Waals surface area contributed by atoms with Gasteiger partial charge in [0, 0.05) is 45.1 Å². The summed E-state index contributed by atoms with van der Waals surface area (Å²) in [5.74, 6) is 0.484. The van der Waals surface area contributed by atoms with E-state index in [0.717, 1.165) is 32.4 Å². The molecule has 28 heavy (non-hydrogen) atoms. The number of nitrogen functional groups attached to an aromatic ring is 1. The van der Waals surface area contributed by atoms with Gasteiger partial charge in [-0.05, 0) is 25.3 Å². The standard InChI is InChI=1S/C20H28ClN3O4/c1-27-18-10-16(22)15(21)9-14(18)20(26)23-17-7-8-24(11-19(17)28-2)12-3-5-13(25)6-4-12/h9-10,12,17,19H,3-8,11,22H2,1-2H3,(H,23,26)/t17-,19+/m0/s1. The zero-order valence-corrected chi connectivity index (χ0v) is 17.1. The molecule has 154 valence electrons. The van der Waals surface area contributed by atoms with E-state index >= 15 is 0 Å². The number of hydrogen-bond donors (Lipinski definition) is 2. The van der Waals surface area contributed by atoms with Crippen LogP contribution in [0.5, 0.6) is 5.75 Å². The molecule has 1 aromatic carbocycles. The smallest absolute Gasteiger partial charge is 0.255 e. The number of hydrogen-bond acceptors (Lipinski definition) is 6. The molecule has 1 heterocycles. The zero-order valence-electron chi connectivity index (χ0n) is 16.4. The van der Waals surface area contributed by atoms with E-state index in [-0.39, 0.29) is 18.1 Å². The molecule has 1 saturated carbocycles. The fourth-order valence-electron chi connectivity index (χ4n) is 4.13. The number of ketones is 1. The first-order valence-corrected chi connectivity index (χ1v) is 10.0. The zero-order chi connectivity index (χ0) is 20.3. The Kier molecular flexibility index (Phi) is 6.80. The lowest BCUT2D eigenvalue weighted by Crippen LogP contribution is -2.57. The molecular formula is C20H28ClN3O4. The van der Waals surface area contributed by atoms with Crippen LogP contribution in [-0.2, 0) is 9.53 Å². The Balaban J connectivity index is 1.65. The van der Waals surface area contributed by atoms with Crippen LogP contribution in [0, 0.1) is 0 Å². The van der Waals surface area contributed by atoms with Gasteiger partial charge in [-0.3, -0.25) is 14.5 Å². The fraction of sp³-hybridized carbons (Fsp3) is 0.600. The molecule has 2 aliphatic rings. The molecule has 3 rings (SSSR count). The maximum atomic E-state index is 12.8. The Morgan fingerprint density at radius 1 is 1.25 bits per heavy atom. The van der Waals surface area contributed by atoms with Gasteiger partial charge in [0.1, 0.15) is 11.5 Å². The van der Waals surface area contributed by atoms with Gasteiger partial charge in [-0.15, -0.1) is 0 Å². The van der Waals surface area contributed by atoms with Crippen LogP contribution in [0.15, 0.2) is 12.1 Å². The maximum Gasteiger partial charge on any atom is 0.255 e. The second kappa shape index (κ2) is 9.11. The average Bonchev–Trinajstić information content (AvgIpc) is 2.70. The number of carbonyl (C=O) groups is 2. The molecule has 8 heteroatoms. The van der Waals surface area contributed by atoms with Crippen molar-refractivity contribution in [2.24, 2.45) is 0 Å². The summed E-state index contributed by atoms with van der Waals surface area (Å²) in [6.07, 6.45) is 3.80. The van der Waals surface area contributed by atoms with Gasteiger partial charge in [0.15, 0.2) is 0 Å². The van der Waals surface area contributed by atoms with E-state index < -0.39 is 0 Å². The van der Waals surface area contributed by atoms with Crippen LogP contribution in [0.4, 0.5) is 5.69 Å². The van der Waals surface area contributed by atoms with Crippen LogP contribution < -0.4 is 15.8 Å². The van der Waals surface area contributed by atoms with Crippen molar-refractivity contribution in [2.75, 3.05) is 33.0 Å². The lowest BCUT2D eigenvalue weighted by molar-refractivity contribution is -0.121. The summed E-state index contributed by atoms with van der Waals surface area (Å²) in [6.45, 7) is 1.60. The molecule has 1 saturated heterocycles. The van der Waals surface area contributed by atoms with Crippen molar-refractivity contribution in [3.63, 3.8) is 0 Å². The van der Waals surface area contributed by atoms with Gasteiger partial charge in [-0.1, -0.05) is 11.6 Å². The molecule has 0 unspecified atom stereocenters. The predicted octanol–water partition coefficient (Wildman–Crippen LogP) is 2.26. The van der Waals surface area contributed by atoms with Crippen LogP contribution in [0.2, 0.25) is 5.02 Å². The van der Waals surface area contributed by atoms with Gasteiger partial charge in [0.05, 0.1) is 35.5 Å². The monoisotopic (exact) mass is 409 g/mol. The fourth-order valence-corrected chi connectivity index (χ4v) is 4.29. The summed E-state index contributed by atoms with van der Waals surface area (Å²) in [5, 5.41) is 3.38. The number of piperidine rings is 1. The van der Waals surface area contributed by atoms with E-state index in [4.69, 9.17) is 26.8 Å². The van der Waals surface area contributed by atoms with Gasteiger partial charge in [-0.2, -0.15) is 0 Å². The van der Waals surface area contributed by atoms with Crippen molar-refractivity contribution in [2.45, 2.75) is 50.3 Å². The van der Waals surface area contributed by atoms with Gasteiger partial charge in [-0.25, -0.2) is 0 Å². The number of halogens is 1. The van der Waals surface area contributed by atoms with E-state index in [1.54, 1.807) is 13.2 Å². The topological polar surface area (TPSA) is 93.9 Å². The maximum absolute atomic E-state index is 12.8. The molecule has 1 aliphatic carbocycles. The average molecular weight is 410 g/mol. The normalized spacial score (nSPS) is 24.2. The number of carbonyl (C=O) groups excluding carboxylic acids is 2. The molecule has 1 aliphatic heterocycles. The largest absolute Gasteiger partial charge is 0.496 e. The van der Waals surface area contributed by atoms with E-state index in [1.807, 2.05) is 0 Å². The van der Waals surface area contributed by atoms with Crippen molar-refractivity contribution in [1.29, 1.82) is 0 Å². The van der Waals surface area contributed by atoms with E-state index in [9.17, 15) is 9.59 Å². The number of Topliss-reactive ketones (excluding diaryl/α,β-unsaturated/α-hetero) is 1. The number of nitrogens with zero attached hydrogens (tertiary/aromatic N) is 1. The molecule has 2 atom stereocenters. The minimum Gasteiger partial charge on any atom is -0.496 e. The molecule has 7 nitrogen and oxygen atoms in total. The number of benzene rings is 1. The molecule has 3 N–H and O–H groups in total. The summed E-state index contributed by atoms with van der Waals surface area (Å²) in [6, 6.07) is 3.39. The number of nitrogens with one attached hydrogen (secondary N) is 1. The first-order valence-electron chi connectivity index (χ1n) is 9.65. The van der Waals surface area contributed by atoms with Crippen molar-refractivity contribution >= 4 is 29.0 Å². The quantitative estimate of drug-likeness (QED) is 0.724. The number of nitrogens with two attached hydrogens (primary N) is 1. The summed E-state index contributed by atoms with van der Waals surface area (Å²) >= 11 is 6.09. The van der Waals surface area contributed by atoms with E-state index in [2.05, 4.69) is 10.2 Å². The Morgan fingerprint density at radius 3 is 2.61 bits per heavy atom. The van der Waals surface area contributed by atoms with Crippen LogP contribution in [0.3, 0.4) is 0 Å². The summed E-state index contributed by atoms with van der Waals surface area (Å²) in [5.41, 5.74) is 6.51. The van der Waals surface area contributed by atoms with Crippen LogP contribution in [0.1, 0.15) is 42.5 Å². The Bertz CT molecular complexity index is 732. The number of rotatable bonds is 5. The molecule has 2 fully saturated rings. The number of ether oxygens (including phenoxy) is 2. The number of likely N-dealkylation sites (tertiary alicyclic amines) is 1. The van der Waals surface area contributed by atoms with Crippen molar-refractivity contribution in [3.8, 4) is 5.75 Å². The lowest BCUT2D eigenvalue weighted by atomic mass is 9.90. The van der Waals surface area contributed by atoms with Crippen molar-refractivity contribution < 1.29 is 19.1 Å². The molecular weight excluding hydrogens is 382 g/mol. The summed E-state index contributed by atoms with van der Waals surface area (Å²) in [7, 11) is 3.16. The highest BCUT2D eigenvalue weighted by molar-refractivity contribution is 6.33. The first-order chi connectivity index (χ1) is 13.4. The van der Waals surface area contributed by atoms with E-state index in [0.29, 0.717) is 46.7 Å². The van der Waals surface area contributed by atoms with Gasteiger partial charge in [0.25, 0.3) is 5.91 Å². The minimum atomic E-state index is -0.262. The van der Waals surface area contributed by atoms with Crippen molar-refractivity contribution in [1.82, 2.24) is 10.2 Å². The molecule has 1 aromatic rings. The van der Waals surface area contributed by atoms with Gasteiger partial charge in [0.2, 0.25) is 0 Å². The molecule has 1 amide bonds. The summed E-state index contributed by atoms with van der Waals surface area (Å²) < 4.78 is 11.0. The Labute approximate surface area is 170 Å². The highest BCUT2D eigenvalue weighted by Gasteiger charge is 2.35. The highest BCUT2D eigenvalue weighted by atomic mass is 35.5. The molecule has 0 radical (unpaired) electrons.